The Labute approximate surface area is 145 Å². The van der Waals surface area contributed by atoms with Gasteiger partial charge in [-0.05, 0) is 49.4 Å². The molecule has 3 aromatic rings. The highest BCUT2D eigenvalue weighted by molar-refractivity contribution is 6.04. The molecule has 2 aromatic carbocycles. The molecular weight excluding hydrogens is 317 g/mol. The average molecular weight is 335 g/mol. The summed E-state index contributed by atoms with van der Waals surface area (Å²) in [7, 11) is 0. The number of nitrogens with one attached hydrogen (secondary N) is 1. The second-order valence-electron chi connectivity index (χ2n) is 5.45. The number of carbonyl (C=O) groups is 1. The van der Waals surface area contributed by atoms with Crippen molar-refractivity contribution in [2.45, 2.75) is 6.92 Å². The first kappa shape index (κ1) is 16.6. The molecule has 4 nitrogen and oxygen atoms in total. The molecule has 0 aliphatic carbocycles. The molecule has 0 unspecified atom stereocenters. The molecule has 0 fully saturated rings. The first-order valence-corrected chi connectivity index (χ1v) is 8.03. The van der Waals surface area contributed by atoms with Crippen molar-refractivity contribution in [1.29, 1.82) is 0 Å². The summed E-state index contributed by atoms with van der Waals surface area (Å²) < 4.78 is 13.2. The second-order valence-corrected chi connectivity index (χ2v) is 5.45. The van der Waals surface area contributed by atoms with Crippen LogP contribution in [0, 0.1) is 5.82 Å². The van der Waals surface area contributed by atoms with Crippen LogP contribution in [0.25, 0.3) is 0 Å². The van der Waals surface area contributed by atoms with E-state index < -0.39 is 5.82 Å². The summed E-state index contributed by atoms with van der Waals surface area (Å²) in [6.07, 6.45) is 1.60. The number of para-hydroxylation sites is 1. The summed E-state index contributed by atoms with van der Waals surface area (Å²) in [4.78, 5) is 18.6. The fourth-order valence-electron chi connectivity index (χ4n) is 2.54. The number of halogens is 1. The van der Waals surface area contributed by atoms with E-state index in [4.69, 9.17) is 0 Å². The Morgan fingerprint density at radius 3 is 2.52 bits per heavy atom. The molecule has 0 aliphatic heterocycles. The normalized spacial score (nSPS) is 10.3. The van der Waals surface area contributed by atoms with Gasteiger partial charge in [0.25, 0.3) is 5.91 Å². The van der Waals surface area contributed by atoms with Gasteiger partial charge in [-0.2, -0.15) is 0 Å². The number of benzene rings is 2. The summed E-state index contributed by atoms with van der Waals surface area (Å²) >= 11 is 0. The predicted molar refractivity (Wildman–Crippen MR) is 97.7 cm³/mol. The lowest BCUT2D eigenvalue weighted by molar-refractivity contribution is 0.102. The van der Waals surface area contributed by atoms with Gasteiger partial charge in [-0.15, -0.1) is 0 Å². The quantitative estimate of drug-likeness (QED) is 0.739. The van der Waals surface area contributed by atoms with E-state index in [0.29, 0.717) is 5.69 Å². The highest BCUT2D eigenvalue weighted by atomic mass is 19.1. The maximum Gasteiger partial charge on any atom is 0.255 e. The molecular formula is C20H18FN3O. The van der Waals surface area contributed by atoms with Crippen LogP contribution in [-0.4, -0.2) is 17.4 Å². The average Bonchev–Trinajstić information content (AvgIpc) is 2.64. The van der Waals surface area contributed by atoms with Gasteiger partial charge in [-0.25, -0.2) is 9.37 Å². The second kappa shape index (κ2) is 7.57. The molecule has 0 aliphatic rings. The van der Waals surface area contributed by atoms with Gasteiger partial charge in [-0.3, -0.25) is 4.79 Å². The van der Waals surface area contributed by atoms with Crippen LogP contribution in [-0.2, 0) is 0 Å². The van der Waals surface area contributed by atoms with E-state index >= 15 is 0 Å². The zero-order chi connectivity index (χ0) is 17.6. The third-order valence-electron chi connectivity index (χ3n) is 3.75. The standard InChI is InChI=1S/C20H18FN3O/c1-2-24(18-9-4-3-5-10-18)19-12-11-17(14-22-19)23-20(25)15-7-6-8-16(21)13-15/h3-14H,2H2,1H3,(H,23,25). The van der Waals surface area contributed by atoms with Crippen molar-refractivity contribution in [2.75, 3.05) is 16.8 Å². The first-order valence-electron chi connectivity index (χ1n) is 8.03. The molecule has 0 saturated heterocycles. The van der Waals surface area contributed by atoms with Crippen molar-refractivity contribution in [1.82, 2.24) is 4.98 Å². The molecule has 0 radical (unpaired) electrons. The molecule has 0 saturated carbocycles. The van der Waals surface area contributed by atoms with E-state index in [1.54, 1.807) is 18.3 Å². The number of aromatic nitrogens is 1. The molecule has 1 N–H and O–H groups in total. The summed E-state index contributed by atoms with van der Waals surface area (Å²) in [5, 5.41) is 2.72. The zero-order valence-electron chi connectivity index (χ0n) is 13.8. The summed E-state index contributed by atoms with van der Waals surface area (Å²) in [5.74, 6) is -0.0236. The molecule has 1 aromatic heterocycles. The lowest BCUT2D eigenvalue weighted by atomic mass is 10.2. The van der Waals surface area contributed by atoms with Gasteiger partial charge in [0.2, 0.25) is 0 Å². The number of hydrogen-bond acceptors (Lipinski definition) is 3. The van der Waals surface area contributed by atoms with Crippen LogP contribution in [0.3, 0.4) is 0 Å². The maximum absolute atomic E-state index is 13.2. The van der Waals surface area contributed by atoms with E-state index in [1.807, 2.05) is 43.3 Å². The molecule has 0 atom stereocenters. The van der Waals surface area contributed by atoms with Gasteiger partial charge in [0, 0.05) is 17.8 Å². The van der Waals surface area contributed by atoms with E-state index in [2.05, 4.69) is 15.2 Å². The zero-order valence-corrected chi connectivity index (χ0v) is 13.8. The summed E-state index contributed by atoms with van der Waals surface area (Å²) in [6.45, 7) is 2.82. The topological polar surface area (TPSA) is 45.2 Å². The van der Waals surface area contributed by atoms with Crippen LogP contribution in [0.4, 0.5) is 21.6 Å². The molecule has 0 spiro atoms. The molecule has 126 valence electrons. The highest BCUT2D eigenvalue weighted by Gasteiger charge is 2.10. The number of rotatable bonds is 5. The van der Waals surface area contributed by atoms with Gasteiger partial charge in [0.1, 0.15) is 11.6 Å². The molecule has 1 amide bonds. The number of amides is 1. The largest absolute Gasteiger partial charge is 0.327 e. The Hall–Kier alpha value is -3.21. The minimum Gasteiger partial charge on any atom is -0.327 e. The molecule has 3 rings (SSSR count). The van der Waals surface area contributed by atoms with Gasteiger partial charge in [0.15, 0.2) is 0 Å². The Morgan fingerprint density at radius 2 is 1.88 bits per heavy atom. The van der Waals surface area contributed by atoms with Crippen molar-refractivity contribution >= 4 is 23.1 Å². The van der Waals surface area contributed by atoms with Crippen molar-refractivity contribution in [2.24, 2.45) is 0 Å². The lowest BCUT2D eigenvalue weighted by Crippen LogP contribution is -2.17. The van der Waals surface area contributed by atoms with Gasteiger partial charge in [-0.1, -0.05) is 24.3 Å². The monoisotopic (exact) mass is 335 g/mol. The Kier molecular flexibility index (Phi) is 5.04. The minimum atomic E-state index is -0.442. The fourth-order valence-corrected chi connectivity index (χ4v) is 2.54. The molecule has 0 bridgehead atoms. The number of carbonyl (C=O) groups excluding carboxylic acids is 1. The number of hydrogen-bond donors (Lipinski definition) is 1. The van der Waals surface area contributed by atoms with Crippen molar-refractivity contribution in [3.63, 3.8) is 0 Å². The predicted octanol–water partition coefficient (Wildman–Crippen LogP) is 4.63. The van der Waals surface area contributed by atoms with Crippen LogP contribution in [0.5, 0.6) is 0 Å². The van der Waals surface area contributed by atoms with Gasteiger partial charge in [0.05, 0.1) is 11.9 Å². The van der Waals surface area contributed by atoms with E-state index in [9.17, 15) is 9.18 Å². The Morgan fingerprint density at radius 1 is 1.08 bits per heavy atom. The van der Waals surface area contributed by atoms with E-state index in [0.717, 1.165) is 18.1 Å². The van der Waals surface area contributed by atoms with Crippen molar-refractivity contribution in [3.8, 4) is 0 Å². The number of nitrogens with zero attached hydrogens (tertiary/aromatic N) is 2. The Bertz CT molecular complexity index is 850. The third-order valence-corrected chi connectivity index (χ3v) is 3.75. The van der Waals surface area contributed by atoms with Crippen molar-refractivity contribution in [3.05, 3.63) is 84.3 Å². The van der Waals surface area contributed by atoms with Gasteiger partial charge >= 0.3 is 0 Å². The third kappa shape index (κ3) is 4.01. The summed E-state index contributed by atoms with van der Waals surface area (Å²) in [5.41, 5.74) is 1.87. The van der Waals surface area contributed by atoms with Crippen LogP contribution in [0.2, 0.25) is 0 Å². The van der Waals surface area contributed by atoms with E-state index in [1.165, 1.54) is 18.2 Å². The van der Waals surface area contributed by atoms with Crippen molar-refractivity contribution < 1.29 is 9.18 Å². The smallest absolute Gasteiger partial charge is 0.255 e. The lowest BCUT2D eigenvalue weighted by Gasteiger charge is -2.22. The molecule has 1 heterocycles. The summed E-state index contributed by atoms with van der Waals surface area (Å²) in [6, 6.07) is 19.2. The van der Waals surface area contributed by atoms with Crippen LogP contribution in [0.1, 0.15) is 17.3 Å². The SMILES string of the molecule is CCN(c1ccccc1)c1ccc(NC(=O)c2cccc(F)c2)cn1. The molecule has 25 heavy (non-hydrogen) atoms. The Balaban J connectivity index is 1.75. The first-order chi connectivity index (χ1) is 12.2. The van der Waals surface area contributed by atoms with Crippen LogP contribution < -0.4 is 10.2 Å². The number of pyridine rings is 1. The van der Waals surface area contributed by atoms with E-state index in [-0.39, 0.29) is 11.5 Å². The maximum atomic E-state index is 13.2. The van der Waals surface area contributed by atoms with Gasteiger partial charge < -0.3 is 10.2 Å². The van der Waals surface area contributed by atoms with Crippen LogP contribution >= 0.6 is 0 Å². The fraction of sp³-hybridized carbons (Fsp3) is 0.100. The number of anilines is 3. The van der Waals surface area contributed by atoms with Crippen LogP contribution in [0.15, 0.2) is 72.9 Å². The highest BCUT2D eigenvalue weighted by Crippen LogP contribution is 2.23. The minimum absolute atomic E-state index is 0.267. The molecule has 5 heteroatoms.